The van der Waals surface area contributed by atoms with Gasteiger partial charge in [-0.1, -0.05) is 19.1 Å². The van der Waals surface area contributed by atoms with Crippen LogP contribution in [0, 0.1) is 5.92 Å². The molecule has 20 heavy (non-hydrogen) atoms. The first-order valence-corrected chi connectivity index (χ1v) is 7.79. The molecule has 0 rings (SSSR count). The van der Waals surface area contributed by atoms with Gasteiger partial charge in [0.2, 0.25) is 0 Å². The fourth-order valence-electron chi connectivity index (χ4n) is 1.60. The van der Waals surface area contributed by atoms with Gasteiger partial charge in [-0.3, -0.25) is 8.74 Å². The second-order valence-corrected chi connectivity index (χ2v) is 5.31. The molecule has 0 amide bonds. The molecule has 7 heteroatoms. The monoisotopic (exact) mass is 309 g/mol. The molecular formula is C13H27NO5S. The maximum Gasteiger partial charge on any atom is 0.397 e. The molecule has 6 nitrogen and oxygen atoms in total. The average Bonchev–Trinajstić information content (AvgIpc) is 2.38. The summed E-state index contributed by atoms with van der Waals surface area (Å²) < 4.78 is 29.7. The quantitative estimate of drug-likeness (QED) is 0.470. The Kier molecular flexibility index (Phi) is 14.3. The minimum absolute atomic E-state index is 0.239. The molecule has 0 fully saturated rings. The Morgan fingerprint density at radius 3 is 2.00 bits per heavy atom. The van der Waals surface area contributed by atoms with Crippen LogP contribution in [0.25, 0.3) is 0 Å². The highest BCUT2D eigenvalue weighted by molar-refractivity contribution is 7.80. The Hall–Kier alpha value is -0.730. The average molecular weight is 309 g/mol. The van der Waals surface area contributed by atoms with Crippen LogP contribution in [0.5, 0.6) is 0 Å². The lowest BCUT2D eigenvalue weighted by molar-refractivity contribution is 0.181. The van der Waals surface area contributed by atoms with Crippen molar-refractivity contribution in [3.63, 3.8) is 0 Å². The molecule has 0 aromatic carbocycles. The highest BCUT2D eigenvalue weighted by Crippen LogP contribution is 2.11. The second-order valence-electron chi connectivity index (χ2n) is 4.13. The Morgan fingerprint density at radius 2 is 1.75 bits per heavy atom. The van der Waals surface area contributed by atoms with E-state index in [1.165, 1.54) is 0 Å². The Bertz CT molecular complexity index is 333. The normalized spacial score (nSPS) is 11.1. The lowest BCUT2D eigenvalue weighted by atomic mass is 10.0. The number of hydrogen-bond donors (Lipinski definition) is 2. The van der Waals surface area contributed by atoms with E-state index in [1.54, 1.807) is 0 Å². The van der Waals surface area contributed by atoms with E-state index in [4.69, 9.17) is 9.66 Å². The molecule has 0 bridgehead atoms. The summed E-state index contributed by atoms with van der Waals surface area (Å²) in [6.07, 6.45) is 5.96. The molecule has 120 valence electrons. The topological polar surface area (TPSA) is 87.1 Å². The van der Waals surface area contributed by atoms with Crippen molar-refractivity contribution in [2.45, 2.75) is 19.8 Å². The van der Waals surface area contributed by atoms with Crippen molar-refractivity contribution in [1.82, 2.24) is 4.90 Å². The van der Waals surface area contributed by atoms with Crippen molar-refractivity contribution in [3.8, 4) is 0 Å². The first-order chi connectivity index (χ1) is 9.34. The van der Waals surface area contributed by atoms with Crippen LogP contribution in [0.1, 0.15) is 19.8 Å². The number of nitrogens with zero attached hydrogens (tertiary/aromatic N) is 1. The van der Waals surface area contributed by atoms with Gasteiger partial charge in [-0.2, -0.15) is 8.42 Å². The molecule has 0 aliphatic heterocycles. The van der Waals surface area contributed by atoms with Crippen LogP contribution in [-0.4, -0.2) is 56.3 Å². The third-order valence-electron chi connectivity index (χ3n) is 2.59. The summed E-state index contributed by atoms with van der Waals surface area (Å²) in [6, 6.07) is 0. The maximum absolute atomic E-state index is 9.33. The Morgan fingerprint density at radius 1 is 1.30 bits per heavy atom. The molecular weight excluding hydrogens is 282 g/mol. The molecule has 0 radical (unpaired) electrons. The van der Waals surface area contributed by atoms with Crippen LogP contribution in [0.3, 0.4) is 0 Å². The van der Waals surface area contributed by atoms with Crippen molar-refractivity contribution in [1.29, 1.82) is 0 Å². The Balaban J connectivity index is 0. The summed E-state index contributed by atoms with van der Waals surface area (Å²) in [4.78, 5) is 2.26. The van der Waals surface area contributed by atoms with Gasteiger partial charge in [0, 0.05) is 13.1 Å². The molecule has 0 saturated carbocycles. The number of aliphatic hydroxyl groups excluding tert-OH is 1. The minimum Gasteiger partial charge on any atom is -0.395 e. The second kappa shape index (κ2) is 13.3. The van der Waals surface area contributed by atoms with Crippen molar-refractivity contribution in [3.05, 3.63) is 25.3 Å². The minimum atomic E-state index is -4.16. The summed E-state index contributed by atoms with van der Waals surface area (Å²) in [6.45, 7) is 12.7. The van der Waals surface area contributed by atoms with Gasteiger partial charge in [0.15, 0.2) is 0 Å². The molecule has 2 N–H and O–H groups in total. The molecule has 0 unspecified atom stereocenters. The molecule has 0 saturated heterocycles. The highest BCUT2D eigenvalue weighted by atomic mass is 32.3. The van der Waals surface area contributed by atoms with Crippen LogP contribution >= 0.6 is 0 Å². The SMILES string of the molecule is C=CCC(CC=C)CN(CC)CCO.COS(=O)(=O)O. The first-order valence-electron chi connectivity index (χ1n) is 6.42. The van der Waals surface area contributed by atoms with E-state index in [-0.39, 0.29) is 6.61 Å². The van der Waals surface area contributed by atoms with Crippen LogP contribution in [0.4, 0.5) is 0 Å². The first kappa shape index (κ1) is 21.6. The third kappa shape index (κ3) is 15.3. The molecule has 0 aliphatic carbocycles. The molecule has 0 aliphatic rings. The molecule has 0 aromatic heterocycles. The smallest absolute Gasteiger partial charge is 0.395 e. The van der Waals surface area contributed by atoms with Gasteiger partial charge >= 0.3 is 10.4 Å². The van der Waals surface area contributed by atoms with Crippen LogP contribution < -0.4 is 0 Å². The zero-order valence-electron chi connectivity index (χ0n) is 12.4. The standard InChI is InChI=1S/C12H23NO.CH4O4S/c1-4-7-12(8-5-2)11-13(6-3)9-10-14;1-5-6(2,3)4/h4-5,12,14H,1-2,6-11H2,3H3;1H3,(H,2,3,4). The van der Waals surface area contributed by atoms with Gasteiger partial charge in [0.25, 0.3) is 0 Å². The summed E-state index contributed by atoms with van der Waals surface area (Å²) >= 11 is 0. The molecule has 0 heterocycles. The van der Waals surface area contributed by atoms with E-state index in [2.05, 4.69) is 29.2 Å². The van der Waals surface area contributed by atoms with E-state index in [9.17, 15) is 8.42 Å². The van der Waals surface area contributed by atoms with E-state index in [0.29, 0.717) is 5.92 Å². The number of rotatable bonds is 10. The molecule has 0 spiro atoms. The van der Waals surface area contributed by atoms with E-state index >= 15 is 0 Å². The zero-order chi connectivity index (χ0) is 16.0. The number of hydrogen-bond acceptors (Lipinski definition) is 5. The summed E-state index contributed by atoms with van der Waals surface area (Å²) in [5, 5.41) is 8.86. The van der Waals surface area contributed by atoms with Crippen LogP contribution in [-0.2, 0) is 14.6 Å². The highest BCUT2D eigenvalue weighted by Gasteiger charge is 2.09. The van der Waals surface area contributed by atoms with Gasteiger partial charge in [-0.25, -0.2) is 0 Å². The maximum atomic E-state index is 9.33. The summed E-state index contributed by atoms with van der Waals surface area (Å²) in [5.41, 5.74) is 0. The fourth-order valence-corrected chi connectivity index (χ4v) is 1.60. The summed E-state index contributed by atoms with van der Waals surface area (Å²) in [5.74, 6) is 0.594. The third-order valence-corrected chi connectivity index (χ3v) is 3.01. The van der Waals surface area contributed by atoms with E-state index in [1.807, 2.05) is 12.2 Å². The lowest BCUT2D eigenvalue weighted by Crippen LogP contribution is -2.31. The summed E-state index contributed by atoms with van der Waals surface area (Å²) in [7, 11) is -3.29. The predicted molar refractivity (Wildman–Crippen MR) is 80.9 cm³/mol. The van der Waals surface area contributed by atoms with Crippen LogP contribution in [0.2, 0.25) is 0 Å². The predicted octanol–water partition coefficient (Wildman–Crippen LogP) is 1.50. The van der Waals surface area contributed by atoms with Crippen molar-refractivity contribution >= 4 is 10.4 Å². The Labute approximate surface area is 122 Å². The number of allylic oxidation sites excluding steroid dienone is 2. The number of likely N-dealkylation sites (N-methyl/N-ethyl adjacent to an activating group) is 1. The van der Waals surface area contributed by atoms with Gasteiger partial charge in [-0.15, -0.1) is 13.2 Å². The van der Waals surface area contributed by atoms with Gasteiger partial charge in [-0.05, 0) is 25.3 Å². The van der Waals surface area contributed by atoms with Gasteiger partial charge < -0.3 is 10.0 Å². The fraction of sp³-hybridized carbons (Fsp3) is 0.692. The largest absolute Gasteiger partial charge is 0.397 e. The van der Waals surface area contributed by atoms with Gasteiger partial charge in [0.1, 0.15) is 0 Å². The molecule has 0 aromatic rings. The van der Waals surface area contributed by atoms with E-state index in [0.717, 1.165) is 39.6 Å². The van der Waals surface area contributed by atoms with E-state index < -0.39 is 10.4 Å². The van der Waals surface area contributed by atoms with Crippen molar-refractivity contribution in [2.75, 3.05) is 33.4 Å². The van der Waals surface area contributed by atoms with Crippen molar-refractivity contribution in [2.24, 2.45) is 5.92 Å². The molecule has 0 atom stereocenters. The number of aliphatic hydroxyl groups is 1. The zero-order valence-corrected chi connectivity index (χ0v) is 13.2. The van der Waals surface area contributed by atoms with Crippen LogP contribution in [0.15, 0.2) is 25.3 Å². The van der Waals surface area contributed by atoms with Gasteiger partial charge in [0.05, 0.1) is 13.7 Å². The lowest BCUT2D eigenvalue weighted by Gasteiger charge is -2.24. The van der Waals surface area contributed by atoms with Crippen molar-refractivity contribution < 1.29 is 22.3 Å².